The van der Waals surface area contributed by atoms with Crippen LogP contribution in [0.4, 0.5) is 5.69 Å². The van der Waals surface area contributed by atoms with Gasteiger partial charge in [0.25, 0.3) is 0 Å². The molecule has 0 aliphatic carbocycles. The predicted octanol–water partition coefficient (Wildman–Crippen LogP) is 0.240. The Labute approximate surface area is 190 Å². The number of benzene rings is 2. The van der Waals surface area contributed by atoms with E-state index in [0.29, 0.717) is 5.56 Å². The van der Waals surface area contributed by atoms with Gasteiger partial charge in [0.05, 0.1) is 6.42 Å². The largest absolute Gasteiger partial charge is 0.479 e. The second kappa shape index (κ2) is 9.76. The van der Waals surface area contributed by atoms with Crippen molar-refractivity contribution in [2.24, 2.45) is 0 Å². The number of carbonyl (C=O) groups is 3. The van der Waals surface area contributed by atoms with Gasteiger partial charge in [0.2, 0.25) is 6.29 Å². The molecule has 0 aromatic heterocycles. The molecule has 32 heavy (non-hydrogen) atoms. The van der Waals surface area contributed by atoms with Crippen LogP contribution >= 0.6 is 15.9 Å². The molecular formula is C21H20BrNO9. The zero-order valence-electron chi connectivity index (χ0n) is 16.4. The van der Waals surface area contributed by atoms with E-state index in [1.165, 1.54) is 18.2 Å². The van der Waals surface area contributed by atoms with E-state index in [-0.39, 0.29) is 22.6 Å². The minimum Gasteiger partial charge on any atom is -0.479 e. The first kappa shape index (κ1) is 23.8. The van der Waals surface area contributed by atoms with Crippen LogP contribution in [-0.4, -0.2) is 68.9 Å². The molecular weight excluding hydrogens is 490 g/mol. The van der Waals surface area contributed by atoms with Crippen LogP contribution in [0.3, 0.4) is 0 Å². The van der Waals surface area contributed by atoms with Gasteiger partial charge in [-0.2, -0.15) is 0 Å². The Balaban J connectivity index is 1.74. The van der Waals surface area contributed by atoms with Gasteiger partial charge in [-0.3, -0.25) is 9.59 Å². The summed E-state index contributed by atoms with van der Waals surface area (Å²) in [5.74, 6) is -2.91. The van der Waals surface area contributed by atoms with Crippen LogP contribution < -0.4 is 5.73 Å². The van der Waals surface area contributed by atoms with E-state index in [9.17, 15) is 29.7 Å². The van der Waals surface area contributed by atoms with Gasteiger partial charge in [0, 0.05) is 21.3 Å². The van der Waals surface area contributed by atoms with Crippen molar-refractivity contribution < 1.29 is 44.3 Å². The normalized spacial score (nSPS) is 25.2. The Morgan fingerprint density at radius 2 is 1.66 bits per heavy atom. The highest BCUT2D eigenvalue weighted by molar-refractivity contribution is 9.10. The number of nitrogen functional groups attached to an aromatic ring is 1. The summed E-state index contributed by atoms with van der Waals surface area (Å²) in [4.78, 5) is 36.3. The lowest BCUT2D eigenvalue weighted by molar-refractivity contribution is -0.286. The summed E-state index contributed by atoms with van der Waals surface area (Å²) in [6.45, 7) is 0. The molecule has 2 aromatic carbocycles. The van der Waals surface area contributed by atoms with E-state index in [2.05, 4.69) is 15.9 Å². The Hall–Kier alpha value is -2.83. The number of anilines is 1. The number of rotatable bonds is 6. The molecule has 6 N–H and O–H groups in total. The Bertz CT molecular complexity index is 1030. The number of carbonyl (C=O) groups excluding carboxylic acids is 2. The molecule has 1 heterocycles. The topological polar surface area (TPSA) is 177 Å². The second-order valence-corrected chi connectivity index (χ2v) is 8.03. The van der Waals surface area contributed by atoms with Crippen molar-refractivity contribution in [1.82, 2.24) is 0 Å². The van der Waals surface area contributed by atoms with Gasteiger partial charge in [-0.25, -0.2) is 4.79 Å². The van der Waals surface area contributed by atoms with Crippen molar-refractivity contribution in [1.29, 1.82) is 0 Å². The lowest BCUT2D eigenvalue weighted by Gasteiger charge is -2.37. The third kappa shape index (κ3) is 4.97. The third-order valence-electron chi connectivity index (χ3n) is 4.94. The molecule has 3 rings (SSSR count). The van der Waals surface area contributed by atoms with E-state index in [1.807, 2.05) is 0 Å². The van der Waals surface area contributed by atoms with Gasteiger partial charge >= 0.3 is 11.9 Å². The lowest BCUT2D eigenvalue weighted by Crippen LogP contribution is -2.60. The maximum Gasteiger partial charge on any atom is 0.335 e. The van der Waals surface area contributed by atoms with Gasteiger partial charge in [-0.05, 0) is 35.9 Å². The molecule has 170 valence electrons. The molecule has 0 bridgehead atoms. The molecule has 1 saturated heterocycles. The number of halogens is 1. The molecule has 0 spiro atoms. The predicted molar refractivity (Wildman–Crippen MR) is 113 cm³/mol. The molecule has 11 heteroatoms. The molecule has 1 fully saturated rings. The molecule has 10 nitrogen and oxygen atoms in total. The first-order valence-corrected chi connectivity index (χ1v) is 10.2. The first-order valence-electron chi connectivity index (χ1n) is 9.39. The maximum atomic E-state index is 12.8. The highest BCUT2D eigenvalue weighted by Gasteiger charge is 2.48. The van der Waals surface area contributed by atoms with Crippen LogP contribution in [0.25, 0.3) is 0 Å². The number of ketones is 1. The molecule has 0 saturated carbocycles. The van der Waals surface area contributed by atoms with Gasteiger partial charge in [0.15, 0.2) is 11.9 Å². The number of esters is 1. The van der Waals surface area contributed by atoms with Crippen LogP contribution in [0, 0.1) is 0 Å². The summed E-state index contributed by atoms with van der Waals surface area (Å²) in [6, 6.07) is 11.2. The highest BCUT2D eigenvalue weighted by atomic mass is 79.9. The zero-order chi connectivity index (χ0) is 23.6. The standard InChI is InChI=1S/C21H20BrNO9/c22-11-6-4-9(5-7-11)15(25)12-3-1-2-10(14(12)23)8-13(24)31-21-18(28)16(26)17(27)19(32-21)20(29)30/h1-7,16-19,21,26-28H,8,23H2,(H,29,30)/t16-,17-,18+,19-,21+/m0/s1. The molecule has 1 aliphatic heterocycles. The van der Waals surface area contributed by atoms with Crippen molar-refractivity contribution in [3.8, 4) is 0 Å². The van der Waals surface area contributed by atoms with Crippen molar-refractivity contribution >= 4 is 39.3 Å². The van der Waals surface area contributed by atoms with Crippen molar-refractivity contribution in [3.05, 3.63) is 63.6 Å². The van der Waals surface area contributed by atoms with E-state index < -0.39 is 49.1 Å². The van der Waals surface area contributed by atoms with Crippen molar-refractivity contribution in [2.45, 2.75) is 37.1 Å². The molecule has 2 aromatic rings. The molecule has 0 unspecified atom stereocenters. The highest BCUT2D eigenvalue weighted by Crippen LogP contribution is 2.25. The first-order chi connectivity index (χ1) is 15.1. The van der Waals surface area contributed by atoms with Crippen LogP contribution in [0.15, 0.2) is 46.9 Å². The van der Waals surface area contributed by atoms with Crippen LogP contribution in [0.5, 0.6) is 0 Å². The summed E-state index contributed by atoms with van der Waals surface area (Å²) in [5.41, 5.74) is 6.98. The van der Waals surface area contributed by atoms with E-state index in [1.54, 1.807) is 24.3 Å². The summed E-state index contributed by atoms with van der Waals surface area (Å²) in [5, 5.41) is 38.5. The minimum absolute atomic E-state index is 0.0568. The fourth-order valence-corrected chi connectivity index (χ4v) is 3.46. The quantitative estimate of drug-likeness (QED) is 0.206. The fourth-order valence-electron chi connectivity index (χ4n) is 3.20. The van der Waals surface area contributed by atoms with Gasteiger partial charge in [0.1, 0.15) is 18.3 Å². The van der Waals surface area contributed by atoms with E-state index in [4.69, 9.17) is 20.3 Å². The number of carboxylic acid groups (broad SMARTS) is 1. The molecule has 1 aliphatic rings. The Morgan fingerprint density at radius 3 is 2.28 bits per heavy atom. The van der Waals surface area contributed by atoms with Gasteiger partial charge in [-0.15, -0.1) is 0 Å². The number of para-hydroxylation sites is 1. The maximum absolute atomic E-state index is 12.8. The molecule has 0 radical (unpaired) electrons. The summed E-state index contributed by atoms with van der Waals surface area (Å²) in [7, 11) is 0. The van der Waals surface area contributed by atoms with Crippen molar-refractivity contribution in [2.75, 3.05) is 5.73 Å². The summed E-state index contributed by atoms with van der Waals surface area (Å²) in [6.07, 6.45) is -9.82. The fraction of sp³-hybridized carbons (Fsp3) is 0.286. The smallest absolute Gasteiger partial charge is 0.335 e. The van der Waals surface area contributed by atoms with Crippen molar-refractivity contribution in [3.63, 3.8) is 0 Å². The molecule has 0 amide bonds. The Kier molecular flexibility index (Phi) is 7.26. The second-order valence-electron chi connectivity index (χ2n) is 7.12. The van der Waals surface area contributed by atoms with E-state index in [0.717, 1.165) is 4.47 Å². The number of hydrogen-bond acceptors (Lipinski definition) is 9. The van der Waals surface area contributed by atoms with Crippen LogP contribution in [-0.2, 0) is 25.5 Å². The molecule has 5 atom stereocenters. The van der Waals surface area contributed by atoms with E-state index >= 15 is 0 Å². The average molecular weight is 510 g/mol. The third-order valence-corrected chi connectivity index (χ3v) is 5.47. The van der Waals surface area contributed by atoms with Crippen LogP contribution in [0.1, 0.15) is 21.5 Å². The average Bonchev–Trinajstić information content (AvgIpc) is 2.75. The Morgan fingerprint density at radius 1 is 1.00 bits per heavy atom. The van der Waals surface area contributed by atoms with Gasteiger partial charge in [-0.1, -0.05) is 28.1 Å². The number of aliphatic carboxylic acids is 1. The monoisotopic (exact) mass is 509 g/mol. The van der Waals surface area contributed by atoms with Crippen LogP contribution in [0.2, 0.25) is 0 Å². The lowest BCUT2D eigenvalue weighted by atomic mass is 9.97. The zero-order valence-corrected chi connectivity index (χ0v) is 18.0. The number of ether oxygens (including phenoxy) is 2. The summed E-state index contributed by atoms with van der Waals surface area (Å²) >= 11 is 3.29. The van der Waals surface area contributed by atoms with Gasteiger partial charge < -0.3 is 35.6 Å². The number of carboxylic acids is 1. The number of nitrogens with two attached hydrogens (primary N) is 1. The SMILES string of the molecule is Nc1c(CC(=O)O[C@@H]2O[C@H](C(=O)O)[C@@H](O)[C@H](O)[C@H]2O)cccc1C(=O)c1ccc(Br)cc1. The minimum atomic E-state index is -1.91. The number of hydrogen-bond donors (Lipinski definition) is 5. The summed E-state index contributed by atoms with van der Waals surface area (Å²) < 4.78 is 10.7. The number of aliphatic hydroxyl groups is 3. The number of aliphatic hydroxyl groups excluding tert-OH is 3.